The molecule has 0 saturated heterocycles. The second-order valence-electron chi connectivity index (χ2n) is 4.90. The van der Waals surface area contributed by atoms with E-state index in [1.165, 1.54) is 0 Å². The SMILES string of the molecule is NC1=NC2(CCCC2)N=C(Nc2ccc(Cl)cc2)N1. The van der Waals surface area contributed by atoms with Gasteiger partial charge in [-0.1, -0.05) is 11.6 Å². The zero-order chi connectivity index (χ0) is 13.3. The van der Waals surface area contributed by atoms with Crippen molar-refractivity contribution < 1.29 is 0 Å². The summed E-state index contributed by atoms with van der Waals surface area (Å²) < 4.78 is 0. The zero-order valence-electron chi connectivity index (χ0n) is 10.5. The molecule has 1 aromatic rings. The molecule has 0 aromatic heterocycles. The van der Waals surface area contributed by atoms with E-state index in [1.807, 2.05) is 24.3 Å². The molecule has 19 heavy (non-hydrogen) atoms. The smallest absolute Gasteiger partial charge is 0.205 e. The van der Waals surface area contributed by atoms with Gasteiger partial charge in [0.15, 0.2) is 11.6 Å². The number of benzene rings is 1. The van der Waals surface area contributed by atoms with E-state index in [0.717, 1.165) is 31.4 Å². The van der Waals surface area contributed by atoms with E-state index in [1.54, 1.807) is 0 Å². The van der Waals surface area contributed by atoms with Gasteiger partial charge in [0.05, 0.1) is 0 Å². The lowest BCUT2D eigenvalue weighted by atomic mass is 10.1. The minimum atomic E-state index is -0.357. The summed E-state index contributed by atoms with van der Waals surface area (Å²) in [6, 6.07) is 7.46. The predicted octanol–water partition coefficient (Wildman–Crippen LogP) is 2.30. The van der Waals surface area contributed by atoms with Crippen LogP contribution in [0.25, 0.3) is 0 Å². The first-order valence-electron chi connectivity index (χ1n) is 6.40. The number of anilines is 1. The Hall–Kier alpha value is -1.75. The number of halogens is 1. The summed E-state index contributed by atoms with van der Waals surface area (Å²) in [5, 5.41) is 6.88. The van der Waals surface area contributed by atoms with E-state index < -0.39 is 0 Å². The maximum Gasteiger partial charge on any atom is 0.205 e. The zero-order valence-corrected chi connectivity index (χ0v) is 11.2. The van der Waals surface area contributed by atoms with Gasteiger partial charge in [0.2, 0.25) is 5.96 Å². The molecular formula is C13H16ClN5. The van der Waals surface area contributed by atoms with Gasteiger partial charge in [-0.05, 0) is 49.9 Å². The maximum atomic E-state index is 5.86. The average molecular weight is 278 g/mol. The van der Waals surface area contributed by atoms with E-state index >= 15 is 0 Å². The monoisotopic (exact) mass is 277 g/mol. The standard InChI is InChI=1S/C13H16ClN5/c14-9-3-5-10(6-4-9)16-12-17-11(15)18-13(19-12)7-1-2-8-13/h3-6H,1-2,7-8H2,(H4,15,16,17,18,19). The Morgan fingerprint density at radius 2 is 1.84 bits per heavy atom. The van der Waals surface area contributed by atoms with Crippen LogP contribution in [0.5, 0.6) is 0 Å². The molecule has 5 nitrogen and oxygen atoms in total. The number of hydrogen-bond donors (Lipinski definition) is 3. The molecule has 0 radical (unpaired) electrons. The van der Waals surface area contributed by atoms with Gasteiger partial charge in [0.25, 0.3) is 0 Å². The van der Waals surface area contributed by atoms with Crippen molar-refractivity contribution in [3.63, 3.8) is 0 Å². The summed E-state index contributed by atoms with van der Waals surface area (Å²) in [6.07, 6.45) is 4.21. The van der Waals surface area contributed by atoms with E-state index in [0.29, 0.717) is 16.9 Å². The number of hydrogen-bond acceptors (Lipinski definition) is 5. The van der Waals surface area contributed by atoms with Gasteiger partial charge in [0.1, 0.15) is 0 Å². The summed E-state index contributed by atoms with van der Waals surface area (Å²) >= 11 is 5.86. The molecule has 2 aliphatic rings. The third kappa shape index (κ3) is 2.66. The first-order valence-corrected chi connectivity index (χ1v) is 6.78. The lowest BCUT2D eigenvalue weighted by Crippen LogP contribution is -2.48. The highest BCUT2D eigenvalue weighted by molar-refractivity contribution is 6.30. The molecule has 0 atom stereocenters. The third-order valence-corrected chi connectivity index (χ3v) is 3.66. The molecule has 0 amide bonds. The number of rotatable bonds is 1. The van der Waals surface area contributed by atoms with E-state index in [9.17, 15) is 0 Å². The Morgan fingerprint density at radius 3 is 2.53 bits per heavy atom. The summed E-state index contributed by atoms with van der Waals surface area (Å²) in [4.78, 5) is 9.13. The van der Waals surface area contributed by atoms with Gasteiger partial charge in [-0.15, -0.1) is 0 Å². The van der Waals surface area contributed by atoms with Gasteiger partial charge < -0.3 is 11.1 Å². The molecular weight excluding hydrogens is 262 g/mol. The molecule has 4 N–H and O–H groups in total. The van der Waals surface area contributed by atoms with Crippen LogP contribution in [0, 0.1) is 0 Å². The van der Waals surface area contributed by atoms with Crippen molar-refractivity contribution in [1.82, 2.24) is 5.32 Å². The molecule has 6 heteroatoms. The van der Waals surface area contributed by atoms with Gasteiger partial charge in [-0.2, -0.15) is 0 Å². The maximum absolute atomic E-state index is 5.86. The van der Waals surface area contributed by atoms with Crippen molar-refractivity contribution >= 4 is 29.2 Å². The molecule has 1 aromatic carbocycles. The van der Waals surface area contributed by atoms with Crippen LogP contribution in [-0.2, 0) is 0 Å². The van der Waals surface area contributed by atoms with Crippen LogP contribution in [0.2, 0.25) is 5.02 Å². The summed E-state index contributed by atoms with van der Waals surface area (Å²) in [5.74, 6) is 1.07. The van der Waals surface area contributed by atoms with Crippen molar-refractivity contribution in [3.8, 4) is 0 Å². The fourth-order valence-corrected chi connectivity index (χ4v) is 2.65. The fourth-order valence-electron chi connectivity index (χ4n) is 2.53. The van der Waals surface area contributed by atoms with Crippen LogP contribution in [0.1, 0.15) is 25.7 Å². The normalized spacial score (nSPS) is 20.7. The van der Waals surface area contributed by atoms with Crippen molar-refractivity contribution in [2.24, 2.45) is 15.7 Å². The Kier molecular flexibility index (Phi) is 3.06. The Bertz CT molecular complexity index is 528. The van der Waals surface area contributed by atoms with Crippen molar-refractivity contribution in [2.75, 3.05) is 5.32 Å². The van der Waals surface area contributed by atoms with Crippen LogP contribution in [0.15, 0.2) is 34.3 Å². The third-order valence-electron chi connectivity index (χ3n) is 3.41. The molecule has 100 valence electrons. The minimum Gasteiger partial charge on any atom is -0.370 e. The highest BCUT2D eigenvalue weighted by Crippen LogP contribution is 2.35. The van der Waals surface area contributed by atoms with Gasteiger partial charge in [-0.3, -0.25) is 5.32 Å². The lowest BCUT2D eigenvalue weighted by Gasteiger charge is -2.27. The molecule has 1 heterocycles. The summed E-state index contributed by atoms with van der Waals surface area (Å²) in [6.45, 7) is 0. The van der Waals surface area contributed by atoms with Crippen LogP contribution in [0.4, 0.5) is 5.69 Å². The number of nitrogens with two attached hydrogens (primary N) is 1. The molecule has 1 aliphatic heterocycles. The summed E-state index contributed by atoms with van der Waals surface area (Å²) in [7, 11) is 0. The summed E-state index contributed by atoms with van der Waals surface area (Å²) in [5.41, 5.74) is 6.41. The first-order chi connectivity index (χ1) is 9.15. The Morgan fingerprint density at radius 1 is 1.16 bits per heavy atom. The fraction of sp³-hybridized carbons (Fsp3) is 0.385. The number of nitrogens with one attached hydrogen (secondary N) is 2. The molecule has 0 unspecified atom stereocenters. The molecule has 3 rings (SSSR count). The second-order valence-corrected chi connectivity index (χ2v) is 5.34. The predicted molar refractivity (Wildman–Crippen MR) is 78.5 cm³/mol. The number of guanidine groups is 2. The van der Waals surface area contributed by atoms with Crippen LogP contribution >= 0.6 is 11.6 Å². The molecule has 1 saturated carbocycles. The van der Waals surface area contributed by atoms with Gasteiger partial charge in [0, 0.05) is 10.7 Å². The molecule has 1 aliphatic carbocycles. The molecule has 1 fully saturated rings. The largest absolute Gasteiger partial charge is 0.370 e. The number of aliphatic imine (C=N–C) groups is 2. The van der Waals surface area contributed by atoms with E-state index in [4.69, 9.17) is 17.3 Å². The highest BCUT2D eigenvalue weighted by atomic mass is 35.5. The van der Waals surface area contributed by atoms with Crippen LogP contribution in [-0.4, -0.2) is 17.6 Å². The van der Waals surface area contributed by atoms with Crippen molar-refractivity contribution in [3.05, 3.63) is 29.3 Å². The van der Waals surface area contributed by atoms with E-state index in [2.05, 4.69) is 20.6 Å². The Balaban J connectivity index is 1.81. The first kappa shape index (κ1) is 12.3. The minimum absolute atomic E-state index is 0.357. The van der Waals surface area contributed by atoms with Crippen LogP contribution in [0.3, 0.4) is 0 Å². The Labute approximate surface area is 117 Å². The van der Waals surface area contributed by atoms with E-state index in [-0.39, 0.29) is 5.66 Å². The average Bonchev–Trinajstić information content (AvgIpc) is 2.79. The van der Waals surface area contributed by atoms with Gasteiger partial charge >= 0.3 is 0 Å². The van der Waals surface area contributed by atoms with Gasteiger partial charge in [-0.25, -0.2) is 9.98 Å². The lowest BCUT2D eigenvalue weighted by molar-refractivity contribution is 0.457. The topological polar surface area (TPSA) is 74.8 Å². The van der Waals surface area contributed by atoms with Crippen molar-refractivity contribution in [2.45, 2.75) is 31.3 Å². The van der Waals surface area contributed by atoms with Crippen LogP contribution < -0.4 is 16.4 Å². The second kappa shape index (κ2) is 4.74. The molecule has 1 spiro atoms. The highest BCUT2D eigenvalue weighted by Gasteiger charge is 2.36. The molecule has 0 bridgehead atoms. The van der Waals surface area contributed by atoms with Crippen molar-refractivity contribution in [1.29, 1.82) is 0 Å². The quantitative estimate of drug-likeness (QED) is 0.737. The number of nitrogens with zero attached hydrogens (tertiary/aromatic N) is 2.